The minimum Gasteiger partial charge on any atom is -0.396 e. The van der Waals surface area contributed by atoms with Gasteiger partial charge in [-0.1, -0.05) is 0 Å². The number of nitrogens with zero attached hydrogens (tertiary/aromatic N) is 1. The van der Waals surface area contributed by atoms with Crippen LogP contribution in [0.25, 0.3) is 10.9 Å². The highest BCUT2D eigenvalue weighted by Gasteiger charge is 2.34. The fraction of sp³-hybridized carbons (Fsp3) is 0.438. The summed E-state index contributed by atoms with van der Waals surface area (Å²) in [5.41, 5.74) is 0.633. The highest BCUT2D eigenvalue weighted by atomic mass is 19.1. The van der Waals surface area contributed by atoms with Gasteiger partial charge in [0.25, 0.3) is 0 Å². The van der Waals surface area contributed by atoms with Gasteiger partial charge in [0.1, 0.15) is 11.3 Å². The molecule has 0 bridgehead atoms. The number of aliphatic hydroxyl groups is 1. The molecule has 1 fully saturated rings. The average Bonchev–Trinajstić information content (AvgIpc) is 2.94. The summed E-state index contributed by atoms with van der Waals surface area (Å²) in [7, 11) is 0. The number of fused-ring (bicyclic) bond motifs is 1. The third-order valence-corrected chi connectivity index (χ3v) is 4.24. The zero-order valence-electron chi connectivity index (χ0n) is 12.1. The standard InChI is InChI=1S/C16H18F2N2O2/c17-11-7-12-14(1-4-19-15(12)13(18)8-11)20-9-16(2-5-21)3-6-22-10-16/h1,4,7-8,21H,2-3,5-6,9-10H2,(H,19,20). The van der Waals surface area contributed by atoms with Crippen molar-refractivity contribution < 1.29 is 18.6 Å². The van der Waals surface area contributed by atoms with Crippen LogP contribution in [-0.4, -0.2) is 36.5 Å². The molecule has 1 aliphatic rings. The lowest BCUT2D eigenvalue weighted by Gasteiger charge is -2.27. The Hall–Kier alpha value is -1.79. The fourth-order valence-electron chi connectivity index (χ4n) is 2.93. The molecule has 1 unspecified atom stereocenters. The monoisotopic (exact) mass is 308 g/mol. The van der Waals surface area contributed by atoms with Gasteiger partial charge in [-0.25, -0.2) is 8.78 Å². The highest BCUT2D eigenvalue weighted by Crippen LogP contribution is 2.33. The lowest BCUT2D eigenvalue weighted by Crippen LogP contribution is -2.31. The summed E-state index contributed by atoms with van der Waals surface area (Å²) in [6.07, 6.45) is 2.98. The number of hydrogen-bond acceptors (Lipinski definition) is 4. The summed E-state index contributed by atoms with van der Waals surface area (Å²) in [5.74, 6) is -1.30. The van der Waals surface area contributed by atoms with Crippen LogP contribution in [-0.2, 0) is 4.74 Å². The van der Waals surface area contributed by atoms with Gasteiger partial charge in [-0.05, 0) is 25.0 Å². The number of pyridine rings is 1. The molecule has 6 heteroatoms. The largest absolute Gasteiger partial charge is 0.396 e. The molecule has 22 heavy (non-hydrogen) atoms. The Morgan fingerprint density at radius 2 is 2.23 bits per heavy atom. The minimum absolute atomic E-state index is 0.0887. The maximum atomic E-state index is 13.8. The minimum atomic E-state index is -0.673. The zero-order chi connectivity index (χ0) is 15.6. The van der Waals surface area contributed by atoms with Crippen molar-refractivity contribution in [3.8, 4) is 0 Å². The van der Waals surface area contributed by atoms with Gasteiger partial charge in [0.05, 0.1) is 6.61 Å². The molecule has 0 saturated carbocycles. The predicted octanol–water partition coefficient (Wildman–Crippen LogP) is 2.71. The first-order chi connectivity index (χ1) is 10.6. The van der Waals surface area contributed by atoms with Crippen LogP contribution >= 0.6 is 0 Å². The molecule has 2 N–H and O–H groups in total. The van der Waals surface area contributed by atoms with Crippen LogP contribution in [0.4, 0.5) is 14.5 Å². The van der Waals surface area contributed by atoms with E-state index >= 15 is 0 Å². The van der Waals surface area contributed by atoms with Gasteiger partial charge in [-0.2, -0.15) is 0 Å². The van der Waals surface area contributed by atoms with Crippen molar-refractivity contribution in [2.24, 2.45) is 5.41 Å². The number of aliphatic hydroxyl groups excluding tert-OH is 1. The Labute approximate surface area is 127 Å². The summed E-state index contributed by atoms with van der Waals surface area (Å²) in [6.45, 7) is 1.91. The number of aromatic nitrogens is 1. The molecule has 1 aromatic carbocycles. The number of nitrogens with one attached hydrogen (secondary N) is 1. The maximum absolute atomic E-state index is 13.8. The molecular weight excluding hydrogens is 290 g/mol. The van der Waals surface area contributed by atoms with Crippen LogP contribution in [0.1, 0.15) is 12.8 Å². The van der Waals surface area contributed by atoms with Gasteiger partial charge in [0, 0.05) is 48.5 Å². The van der Waals surface area contributed by atoms with Crippen molar-refractivity contribution in [1.29, 1.82) is 0 Å². The second kappa shape index (κ2) is 6.14. The van der Waals surface area contributed by atoms with E-state index in [1.807, 2.05) is 0 Å². The molecule has 1 aromatic heterocycles. The lowest BCUT2D eigenvalue weighted by molar-refractivity contribution is 0.133. The molecule has 2 aromatic rings. The predicted molar refractivity (Wildman–Crippen MR) is 79.7 cm³/mol. The van der Waals surface area contributed by atoms with E-state index in [1.54, 1.807) is 6.07 Å². The number of anilines is 1. The van der Waals surface area contributed by atoms with E-state index in [4.69, 9.17) is 4.74 Å². The second-order valence-electron chi connectivity index (χ2n) is 5.77. The molecule has 1 atom stereocenters. The van der Waals surface area contributed by atoms with Crippen LogP contribution in [0.3, 0.4) is 0 Å². The summed E-state index contributed by atoms with van der Waals surface area (Å²) in [6, 6.07) is 3.80. The van der Waals surface area contributed by atoms with Crippen LogP contribution in [0, 0.1) is 17.0 Å². The van der Waals surface area contributed by atoms with Crippen LogP contribution < -0.4 is 5.32 Å². The summed E-state index contributed by atoms with van der Waals surface area (Å²) >= 11 is 0. The van der Waals surface area contributed by atoms with Crippen molar-refractivity contribution in [2.45, 2.75) is 12.8 Å². The van der Waals surface area contributed by atoms with E-state index in [0.717, 1.165) is 12.5 Å². The molecule has 1 aliphatic heterocycles. The van der Waals surface area contributed by atoms with Crippen LogP contribution in [0.2, 0.25) is 0 Å². The van der Waals surface area contributed by atoms with Crippen molar-refractivity contribution in [1.82, 2.24) is 4.98 Å². The molecule has 0 spiro atoms. The number of halogens is 2. The smallest absolute Gasteiger partial charge is 0.152 e. The average molecular weight is 308 g/mol. The first-order valence-corrected chi connectivity index (χ1v) is 7.30. The first-order valence-electron chi connectivity index (χ1n) is 7.30. The third kappa shape index (κ3) is 2.89. The van der Waals surface area contributed by atoms with E-state index in [1.165, 1.54) is 12.3 Å². The Morgan fingerprint density at radius 3 is 2.95 bits per heavy atom. The summed E-state index contributed by atoms with van der Waals surface area (Å²) < 4.78 is 32.7. The van der Waals surface area contributed by atoms with Crippen LogP contribution in [0.5, 0.6) is 0 Å². The number of rotatable bonds is 5. The van der Waals surface area contributed by atoms with Gasteiger partial charge in [-0.3, -0.25) is 4.98 Å². The van der Waals surface area contributed by atoms with Gasteiger partial charge in [0.15, 0.2) is 5.82 Å². The molecule has 1 saturated heterocycles. The normalized spacial score (nSPS) is 21.4. The molecule has 0 radical (unpaired) electrons. The van der Waals surface area contributed by atoms with E-state index < -0.39 is 11.6 Å². The second-order valence-corrected chi connectivity index (χ2v) is 5.77. The van der Waals surface area contributed by atoms with Crippen molar-refractivity contribution in [3.63, 3.8) is 0 Å². The topological polar surface area (TPSA) is 54.4 Å². The molecule has 118 valence electrons. The van der Waals surface area contributed by atoms with Crippen LogP contribution in [0.15, 0.2) is 24.4 Å². The Morgan fingerprint density at radius 1 is 1.36 bits per heavy atom. The molecule has 3 rings (SSSR count). The van der Waals surface area contributed by atoms with Gasteiger partial charge in [-0.15, -0.1) is 0 Å². The molecular formula is C16H18F2N2O2. The van der Waals surface area contributed by atoms with E-state index in [-0.39, 0.29) is 17.5 Å². The number of hydrogen-bond donors (Lipinski definition) is 2. The van der Waals surface area contributed by atoms with E-state index in [2.05, 4.69) is 10.3 Å². The Kier molecular flexibility index (Phi) is 4.22. The van der Waals surface area contributed by atoms with Gasteiger partial charge >= 0.3 is 0 Å². The number of benzene rings is 1. The Bertz CT molecular complexity index is 672. The quantitative estimate of drug-likeness (QED) is 0.892. The Balaban J connectivity index is 1.87. The molecule has 0 aliphatic carbocycles. The third-order valence-electron chi connectivity index (χ3n) is 4.24. The first kappa shape index (κ1) is 15.1. The summed E-state index contributed by atoms with van der Waals surface area (Å²) in [5, 5.41) is 12.9. The fourth-order valence-corrected chi connectivity index (χ4v) is 2.93. The maximum Gasteiger partial charge on any atom is 0.152 e. The molecule has 2 heterocycles. The molecule has 4 nitrogen and oxygen atoms in total. The highest BCUT2D eigenvalue weighted by molar-refractivity contribution is 5.91. The SMILES string of the molecule is OCCC1(CNc2ccnc3c(F)cc(F)cc23)CCOC1. The lowest BCUT2D eigenvalue weighted by atomic mass is 9.84. The zero-order valence-corrected chi connectivity index (χ0v) is 12.1. The van der Waals surface area contributed by atoms with Gasteiger partial charge in [0.2, 0.25) is 0 Å². The van der Waals surface area contributed by atoms with Crippen molar-refractivity contribution in [3.05, 3.63) is 36.0 Å². The van der Waals surface area contributed by atoms with Crippen molar-refractivity contribution in [2.75, 3.05) is 31.7 Å². The van der Waals surface area contributed by atoms with E-state index in [9.17, 15) is 13.9 Å². The number of ether oxygens (including phenoxy) is 1. The summed E-state index contributed by atoms with van der Waals surface area (Å²) in [4.78, 5) is 3.97. The van der Waals surface area contributed by atoms with Crippen molar-refractivity contribution >= 4 is 16.6 Å². The molecule has 0 amide bonds. The van der Waals surface area contributed by atoms with Gasteiger partial charge < -0.3 is 15.2 Å². The van der Waals surface area contributed by atoms with E-state index in [0.29, 0.717) is 37.3 Å².